The molecule has 282 valence electrons. The van der Waals surface area contributed by atoms with E-state index >= 15 is 0 Å². The van der Waals surface area contributed by atoms with Gasteiger partial charge in [-0.15, -0.1) is 0 Å². The van der Waals surface area contributed by atoms with E-state index in [0.717, 1.165) is 56.5 Å². The maximum absolute atomic E-state index is 6.28. The summed E-state index contributed by atoms with van der Waals surface area (Å²) in [7, 11) is 0. The fourth-order valence-electron chi connectivity index (χ4n) is 9.77. The van der Waals surface area contributed by atoms with E-state index in [1.807, 2.05) is 12.1 Å². The molecule has 1 aromatic heterocycles. The maximum atomic E-state index is 6.28. The predicted molar refractivity (Wildman–Crippen MR) is 252 cm³/mol. The maximum Gasteiger partial charge on any atom is 0.136 e. The first kappa shape index (κ1) is 34.4. The number of para-hydroxylation sites is 1. The van der Waals surface area contributed by atoms with Crippen molar-refractivity contribution in [1.29, 1.82) is 0 Å². The van der Waals surface area contributed by atoms with Gasteiger partial charge in [0.05, 0.1) is 0 Å². The second kappa shape index (κ2) is 14.0. The Labute approximate surface area is 349 Å². The van der Waals surface area contributed by atoms with Crippen LogP contribution in [0.25, 0.3) is 76.9 Å². The summed E-state index contributed by atoms with van der Waals surface area (Å²) >= 11 is 0. The number of fused-ring (bicyclic) bond motifs is 8. The quantitative estimate of drug-likeness (QED) is 0.168. The molecule has 0 aliphatic heterocycles. The lowest BCUT2D eigenvalue weighted by Crippen LogP contribution is -2.15. The molecule has 0 spiro atoms. The first-order valence-electron chi connectivity index (χ1n) is 20.8. The van der Waals surface area contributed by atoms with Gasteiger partial charge in [0.1, 0.15) is 11.2 Å². The van der Waals surface area contributed by atoms with Crippen molar-refractivity contribution >= 4 is 60.5 Å². The van der Waals surface area contributed by atoms with E-state index in [0.29, 0.717) is 0 Å². The average Bonchev–Trinajstić information content (AvgIpc) is 3.69. The summed E-state index contributed by atoms with van der Waals surface area (Å²) in [6.45, 7) is 0. The summed E-state index contributed by atoms with van der Waals surface area (Å²) < 4.78 is 6.28. The van der Waals surface area contributed by atoms with Crippen molar-refractivity contribution in [2.75, 3.05) is 4.90 Å². The van der Waals surface area contributed by atoms with Crippen LogP contribution in [0.5, 0.6) is 0 Å². The van der Waals surface area contributed by atoms with Gasteiger partial charge in [-0.25, -0.2) is 0 Å². The molecule has 10 aromatic carbocycles. The minimum absolute atomic E-state index is 0.201. The lowest BCUT2D eigenvalue weighted by Gasteiger charge is -2.32. The second-order valence-electron chi connectivity index (χ2n) is 16.0. The van der Waals surface area contributed by atoms with Gasteiger partial charge in [0.2, 0.25) is 0 Å². The Bertz CT molecular complexity index is 3400. The van der Waals surface area contributed by atoms with E-state index in [-0.39, 0.29) is 5.92 Å². The number of benzene rings is 10. The average molecular weight is 766 g/mol. The van der Waals surface area contributed by atoms with Gasteiger partial charge in [-0.1, -0.05) is 164 Å². The molecule has 0 saturated heterocycles. The molecule has 0 radical (unpaired) electrons. The molecule has 1 heterocycles. The Morgan fingerprint density at radius 1 is 0.350 bits per heavy atom. The summed E-state index contributed by atoms with van der Waals surface area (Å²) in [4.78, 5) is 2.42. The monoisotopic (exact) mass is 765 g/mol. The van der Waals surface area contributed by atoms with Gasteiger partial charge in [0.15, 0.2) is 0 Å². The van der Waals surface area contributed by atoms with Crippen LogP contribution in [-0.2, 0) is 6.42 Å². The highest BCUT2D eigenvalue weighted by molar-refractivity contribution is 6.06. The number of rotatable bonds is 6. The fourth-order valence-corrected chi connectivity index (χ4v) is 9.77. The predicted octanol–water partition coefficient (Wildman–Crippen LogP) is 16.1. The molecule has 0 saturated carbocycles. The molecule has 11 aromatic rings. The molecule has 0 fully saturated rings. The third kappa shape index (κ3) is 5.72. The molecule has 1 aliphatic rings. The van der Waals surface area contributed by atoms with Gasteiger partial charge in [-0.3, -0.25) is 0 Å². The summed E-state index contributed by atoms with van der Waals surface area (Å²) in [6, 6.07) is 79.8. The van der Waals surface area contributed by atoms with E-state index in [2.05, 4.69) is 211 Å². The van der Waals surface area contributed by atoms with Crippen molar-refractivity contribution in [1.82, 2.24) is 0 Å². The molecule has 0 bridgehead atoms. The van der Waals surface area contributed by atoms with E-state index in [1.165, 1.54) is 60.5 Å². The minimum atomic E-state index is 0.201. The fraction of sp³-hybridized carbons (Fsp3) is 0.0345. The van der Waals surface area contributed by atoms with Crippen LogP contribution in [-0.4, -0.2) is 0 Å². The standard InChI is InChI=1S/C58H39NO/c1-4-16-47-39(11-1)14-9-20-48(47)41-25-30-45(31-26-41)59(44-28-23-38(24-29-44)42-27-33-54-53-19-7-8-22-57(53)60-58(54)36-42)46-32-34-52-50-18-6-3-13-43(50)35-55(56(52)37-46)51-21-10-15-40-12-2-5-17-49(40)51/h1-34,36-37,55H,35H2. The van der Waals surface area contributed by atoms with E-state index in [4.69, 9.17) is 4.42 Å². The van der Waals surface area contributed by atoms with Crippen LogP contribution in [0.15, 0.2) is 223 Å². The van der Waals surface area contributed by atoms with Gasteiger partial charge in [0.25, 0.3) is 0 Å². The molecular weight excluding hydrogens is 727 g/mol. The molecule has 0 amide bonds. The van der Waals surface area contributed by atoms with Crippen LogP contribution in [0.3, 0.4) is 0 Å². The number of hydrogen-bond donors (Lipinski definition) is 0. The van der Waals surface area contributed by atoms with Crippen molar-refractivity contribution in [3.8, 4) is 33.4 Å². The topological polar surface area (TPSA) is 16.4 Å². The van der Waals surface area contributed by atoms with Crippen molar-refractivity contribution in [3.63, 3.8) is 0 Å². The van der Waals surface area contributed by atoms with E-state index < -0.39 is 0 Å². The summed E-state index contributed by atoms with van der Waals surface area (Å²) in [5.41, 5.74) is 16.6. The normalized spacial score (nSPS) is 13.4. The number of furan rings is 1. The summed E-state index contributed by atoms with van der Waals surface area (Å²) in [5.74, 6) is 0.201. The number of anilines is 3. The SMILES string of the molecule is c1ccc2c(c1)CC(c1cccc3ccccc13)c1cc(N(c3ccc(-c4ccc5c(c4)oc4ccccc45)cc3)c3ccc(-c4cccc5ccccc45)cc3)ccc1-2. The van der Waals surface area contributed by atoms with Crippen LogP contribution in [0.4, 0.5) is 17.1 Å². The Morgan fingerprint density at radius 2 is 0.933 bits per heavy atom. The lowest BCUT2D eigenvalue weighted by molar-refractivity contribution is 0.669. The highest BCUT2D eigenvalue weighted by atomic mass is 16.3. The summed E-state index contributed by atoms with van der Waals surface area (Å²) in [5, 5.41) is 7.39. The van der Waals surface area contributed by atoms with Gasteiger partial charge in [-0.2, -0.15) is 0 Å². The van der Waals surface area contributed by atoms with Gasteiger partial charge >= 0.3 is 0 Å². The smallest absolute Gasteiger partial charge is 0.136 e. The molecule has 0 N–H and O–H groups in total. The Hall–Kier alpha value is -7.68. The Balaban J connectivity index is 1.00. The van der Waals surface area contributed by atoms with Crippen LogP contribution in [0.2, 0.25) is 0 Å². The first-order chi connectivity index (χ1) is 29.7. The zero-order valence-electron chi connectivity index (χ0n) is 32.9. The van der Waals surface area contributed by atoms with Crippen molar-refractivity contribution in [3.05, 3.63) is 235 Å². The molecule has 1 atom stereocenters. The largest absolute Gasteiger partial charge is 0.456 e. The van der Waals surface area contributed by atoms with E-state index in [1.54, 1.807) is 0 Å². The molecule has 12 rings (SSSR count). The zero-order chi connectivity index (χ0) is 39.6. The Kier molecular flexibility index (Phi) is 8.02. The highest BCUT2D eigenvalue weighted by Gasteiger charge is 2.28. The number of nitrogens with zero attached hydrogens (tertiary/aromatic N) is 1. The van der Waals surface area contributed by atoms with Crippen LogP contribution >= 0.6 is 0 Å². The molecule has 60 heavy (non-hydrogen) atoms. The molecule has 1 unspecified atom stereocenters. The van der Waals surface area contributed by atoms with Gasteiger partial charge in [-0.05, 0) is 133 Å². The van der Waals surface area contributed by atoms with Crippen LogP contribution in [0, 0.1) is 0 Å². The zero-order valence-corrected chi connectivity index (χ0v) is 32.9. The van der Waals surface area contributed by atoms with Gasteiger partial charge in [0, 0.05) is 33.8 Å². The second-order valence-corrected chi connectivity index (χ2v) is 16.0. The molecule has 2 nitrogen and oxygen atoms in total. The number of hydrogen-bond acceptors (Lipinski definition) is 2. The highest BCUT2D eigenvalue weighted by Crippen LogP contribution is 2.47. The molecule has 1 aliphatic carbocycles. The van der Waals surface area contributed by atoms with Crippen LogP contribution < -0.4 is 4.90 Å². The first-order valence-corrected chi connectivity index (χ1v) is 20.8. The van der Waals surface area contributed by atoms with Crippen molar-refractivity contribution < 1.29 is 4.42 Å². The minimum Gasteiger partial charge on any atom is -0.456 e. The van der Waals surface area contributed by atoms with Gasteiger partial charge < -0.3 is 9.32 Å². The van der Waals surface area contributed by atoms with Crippen molar-refractivity contribution in [2.45, 2.75) is 12.3 Å². The van der Waals surface area contributed by atoms with Crippen molar-refractivity contribution in [2.24, 2.45) is 0 Å². The van der Waals surface area contributed by atoms with Crippen LogP contribution in [0.1, 0.15) is 22.6 Å². The third-order valence-corrected chi connectivity index (χ3v) is 12.7. The van der Waals surface area contributed by atoms with E-state index in [9.17, 15) is 0 Å². The molecule has 2 heteroatoms. The third-order valence-electron chi connectivity index (χ3n) is 12.7. The summed E-state index contributed by atoms with van der Waals surface area (Å²) in [6.07, 6.45) is 0.949. The Morgan fingerprint density at radius 3 is 1.75 bits per heavy atom. The lowest BCUT2D eigenvalue weighted by atomic mass is 9.74. The molecular formula is C58H39NO.